The van der Waals surface area contributed by atoms with Crippen molar-refractivity contribution in [2.24, 2.45) is 5.73 Å². The Balaban J connectivity index is 0. The Bertz CT molecular complexity index is 198. The Hall–Kier alpha value is -1.63. The number of carboxylic acid groups (broad SMARTS) is 3. The van der Waals surface area contributed by atoms with E-state index in [0.717, 1.165) is 0 Å². The minimum Gasteiger partial charge on any atom is -0.481 e. The van der Waals surface area contributed by atoms with Crippen LogP contribution in [0.4, 0.5) is 0 Å². The highest BCUT2D eigenvalue weighted by atomic mass is 16.4. The number of carbonyl (C=O) groups is 3. The van der Waals surface area contributed by atoms with Gasteiger partial charge in [-0.25, -0.2) is 0 Å². The van der Waals surface area contributed by atoms with Crippen molar-refractivity contribution in [3.63, 3.8) is 0 Å². The number of rotatable bonds is 4. The lowest BCUT2D eigenvalue weighted by Crippen LogP contribution is -2.25. The van der Waals surface area contributed by atoms with Gasteiger partial charge in [-0.05, 0) is 6.92 Å². The summed E-state index contributed by atoms with van der Waals surface area (Å²) < 4.78 is 0. The van der Waals surface area contributed by atoms with Crippen LogP contribution < -0.4 is 5.73 Å². The first-order chi connectivity index (χ1) is 6.27. The van der Waals surface area contributed by atoms with Gasteiger partial charge >= 0.3 is 17.9 Å². The monoisotopic (exact) mass is 207 g/mol. The van der Waals surface area contributed by atoms with Gasteiger partial charge in [-0.3, -0.25) is 14.4 Å². The number of nitrogens with two attached hydrogens (primary N) is 1. The molecule has 0 heterocycles. The van der Waals surface area contributed by atoms with Gasteiger partial charge < -0.3 is 21.1 Å². The van der Waals surface area contributed by atoms with Gasteiger partial charge in [0.15, 0.2) is 0 Å². The van der Waals surface area contributed by atoms with Crippen LogP contribution in [0.3, 0.4) is 0 Å². The highest BCUT2D eigenvalue weighted by molar-refractivity contribution is 5.75. The summed E-state index contributed by atoms with van der Waals surface area (Å²) in [6, 6.07) is -0.731. The van der Waals surface area contributed by atoms with Crippen LogP contribution in [0.2, 0.25) is 0 Å². The predicted octanol–water partition coefficient (Wildman–Crippen LogP) is -0.646. The molecular weight excluding hydrogens is 194 g/mol. The van der Waals surface area contributed by atoms with Crippen molar-refractivity contribution in [2.75, 3.05) is 0 Å². The average Bonchev–Trinajstić information content (AvgIpc) is 2.01. The van der Waals surface area contributed by atoms with E-state index in [1.807, 2.05) is 0 Å². The molecule has 0 aromatic heterocycles. The molecule has 0 bridgehead atoms. The van der Waals surface area contributed by atoms with Crippen molar-refractivity contribution in [3.05, 3.63) is 0 Å². The van der Waals surface area contributed by atoms with E-state index in [1.54, 1.807) is 0 Å². The van der Waals surface area contributed by atoms with E-state index in [9.17, 15) is 14.4 Å². The first kappa shape index (κ1) is 14.9. The first-order valence-corrected chi connectivity index (χ1v) is 3.69. The molecule has 0 radical (unpaired) electrons. The topological polar surface area (TPSA) is 138 Å². The highest BCUT2D eigenvalue weighted by Gasteiger charge is 2.00. The fraction of sp³-hybridized carbons (Fsp3) is 0.571. The zero-order chi connectivity index (χ0) is 11.7. The van der Waals surface area contributed by atoms with Gasteiger partial charge in [0.2, 0.25) is 0 Å². The summed E-state index contributed by atoms with van der Waals surface area (Å²) in [7, 11) is 0. The Morgan fingerprint density at radius 1 is 1.07 bits per heavy atom. The molecule has 5 N–H and O–H groups in total. The predicted molar refractivity (Wildman–Crippen MR) is 45.8 cm³/mol. The second-order valence-corrected chi connectivity index (χ2v) is 2.41. The molecule has 1 unspecified atom stereocenters. The summed E-state index contributed by atoms with van der Waals surface area (Å²) >= 11 is 0. The van der Waals surface area contributed by atoms with Gasteiger partial charge in [-0.15, -0.1) is 0 Å². The molecule has 0 spiro atoms. The van der Waals surface area contributed by atoms with Crippen molar-refractivity contribution >= 4 is 17.9 Å². The lowest BCUT2D eigenvalue weighted by atomic mass is 10.3. The van der Waals surface area contributed by atoms with Crippen LogP contribution in [0.15, 0.2) is 0 Å². The Morgan fingerprint density at radius 3 is 1.36 bits per heavy atom. The van der Waals surface area contributed by atoms with E-state index in [1.165, 1.54) is 6.92 Å². The fourth-order valence-corrected chi connectivity index (χ4v) is 0.214. The second-order valence-electron chi connectivity index (χ2n) is 2.41. The third-order valence-corrected chi connectivity index (χ3v) is 0.942. The molecule has 82 valence electrons. The number of hydrogen-bond acceptors (Lipinski definition) is 4. The third-order valence-electron chi connectivity index (χ3n) is 0.942. The van der Waals surface area contributed by atoms with Crippen LogP contribution in [0, 0.1) is 0 Å². The third kappa shape index (κ3) is 16.8. The van der Waals surface area contributed by atoms with Gasteiger partial charge in [-0.2, -0.15) is 0 Å². The van der Waals surface area contributed by atoms with E-state index in [2.05, 4.69) is 0 Å². The Kier molecular flexibility index (Phi) is 8.49. The lowest BCUT2D eigenvalue weighted by molar-refractivity contribution is -0.143. The van der Waals surface area contributed by atoms with E-state index in [0.29, 0.717) is 0 Å². The molecule has 1 atom stereocenters. The largest absolute Gasteiger partial charge is 0.481 e. The van der Waals surface area contributed by atoms with Crippen LogP contribution in [0.1, 0.15) is 19.8 Å². The number of carboxylic acids is 3. The van der Waals surface area contributed by atoms with Crippen LogP contribution in [-0.4, -0.2) is 39.3 Å². The summed E-state index contributed by atoms with van der Waals surface area (Å²) in [5.74, 6) is -3.12. The first-order valence-electron chi connectivity index (χ1n) is 3.69. The second kappa shape index (κ2) is 7.99. The van der Waals surface area contributed by atoms with Gasteiger partial charge in [0.25, 0.3) is 0 Å². The van der Waals surface area contributed by atoms with Gasteiger partial charge in [0.05, 0.1) is 12.8 Å². The fourth-order valence-electron chi connectivity index (χ4n) is 0.214. The van der Waals surface area contributed by atoms with Crippen LogP contribution in [0.25, 0.3) is 0 Å². The van der Waals surface area contributed by atoms with E-state index in [4.69, 9.17) is 21.1 Å². The summed E-state index contributed by atoms with van der Waals surface area (Å²) in [6.07, 6.45) is -0.593. The molecule has 14 heavy (non-hydrogen) atoms. The molecule has 0 aliphatic heterocycles. The molecule has 0 aromatic carbocycles. The standard InChI is InChI=1S/C4H6O4.C3H7NO2/c5-3(6)1-2-4(7)8;1-2(4)3(5)6/h1-2H2,(H,5,6)(H,7,8);2H,4H2,1H3,(H,5,6). The minimum absolute atomic E-state index is 0.296. The average molecular weight is 207 g/mol. The SMILES string of the molecule is CC(N)C(=O)O.O=C(O)CCC(=O)O. The molecule has 0 rings (SSSR count). The van der Waals surface area contributed by atoms with Crippen molar-refractivity contribution in [1.82, 2.24) is 0 Å². The van der Waals surface area contributed by atoms with E-state index >= 15 is 0 Å². The molecule has 0 aliphatic rings. The molecule has 7 nitrogen and oxygen atoms in total. The molecule has 0 fully saturated rings. The number of hydrogen-bond donors (Lipinski definition) is 4. The van der Waals surface area contributed by atoms with Gasteiger partial charge in [0.1, 0.15) is 6.04 Å². The molecule has 0 aliphatic carbocycles. The van der Waals surface area contributed by atoms with Gasteiger partial charge in [0, 0.05) is 0 Å². The Morgan fingerprint density at radius 2 is 1.29 bits per heavy atom. The van der Waals surface area contributed by atoms with Gasteiger partial charge in [-0.1, -0.05) is 0 Å². The lowest BCUT2D eigenvalue weighted by Gasteiger charge is -1.90. The molecule has 0 amide bonds. The zero-order valence-corrected chi connectivity index (χ0v) is 7.64. The maximum atomic E-state index is 9.64. The van der Waals surface area contributed by atoms with Crippen LogP contribution >= 0.6 is 0 Å². The van der Waals surface area contributed by atoms with E-state index < -0.39 is 23.9 Å². The van der Waals surface area contributed by atoms with Crippen LogP contribution in [-0.2, 0) is 14.4 Å². The van der Waals surface area contributed by atoms with Crippen molar-refractivity contribution in [2.45, 2.75) is 25.8 Å². The smallest absolute Gasteiger partial charge is 0.320 e. The Labute approximate surface area is 80.1 Å². The summed E-state index contributed by atoms with van der Waals surface area (Å²) in [5, 5.41) is 23.7. The molecular formula is C7H13NO6. The minimum atomic E-state index is -1.08. The van der Waals surface area contributed by atoms with Crippen molar-refractivity contribution in [1.29, 1.82) is 0 Å². The van der Waals surface area contributed by atoms with Crippen molar-refractivity contribution < 1.29 is 29.7 Å². The molecule has 0 saturated heterocycles. The normalized spacial score (nSPS) is 10.7. The van der Waals surface area contributed by atoms with Crippen LogP contribution in [0.5, 0.6) is 0 Å². The molecule has 0 aromatic rings. The molecule has 0 saturated carbocycles. The summed E-state index contributed by atoms with van der Waals surface area (Å²) in [6.45, 7) is 1.42. The highest BCUT2D eigenvalue weighted by Crippen LogP contribution is 1.86. The summed E-state index contributed by atoms with van der Waals surface area (Å²) in [5.41, 5.74) is 4.84. The molecule has 7 heteroatoms. The van der Waals surface area contributed by atoms with Crippen molar-refractivity contribution in [3.8, 4) is 0 Å². The summed E-state index contributed by atoms with van der Waals surface area (Å²) in [4.78, 5) is 28.9. The quantitative estimate of drug-likeness (QED) is 0.480. The zero-order valence-electron chi connectivity index (χ0n) is 7.64. The maximum Gasteiger partial charge on any atom is 0.320 e. The number of aliphatic carboxylic acids is 3. The maximum absolute atomic E-state index is 9.64. The van der Waals surface area contributed by atoms with E-state index in [-0.39, 0.29) is 12.8 Å².